The Labute approximate surface area is 145 Å². The summed E-state index contributed by atoms with van der Waals surface area (Å²) in [6.45, 7) is 2.16. The molecular weight excluding hydrogens is 380 g/mol. The molecule has 0 fully saturated rings. The van der Waals surface area contributed by atoms with Crippen LogP contribution in [0.3, 0.4) is 0 Å². The second-order valence-electron chi connectivity index (χ2n) is 4.68. The van der Waals surface area contributed by atoms with Gasteiger partial charge in [0.25, 0.3) is 0 Å². The van der Waals surface area contributed by atoms with Crippen LogP contribution >= 0.6 is 28.1 Å². The molecule has 23 heavy (non-hydrogen) atoms. The van der Waals surface area contributed by atoms with E-state index >= 15 is 0 Å². The Kier molecular flexibility index (Phi) is 4.73. The van der Waals surface area contributed by atoms with E-state index in [4.69, 9.17) is 21.4 Å². The number of aromatic nitrogens is 3. The number of furan rings is 1. The van der Waals surface area contributed by atoms with E-state index in [1.165, 1.54) is 4.68 Å². The Hall–Kier alpha value is -2.19. The Morgan fingerprint density at radius 1 is 1.35 bits per heavy atom. The van der Waals surface area contributed by atoms with Crippen molar-refractivity contribution in [3.8, 4) is 5.75 Å². The number of aromatic amines is 1. The molecule has 0 amide bonds. The highest BCUT2D eigenvalue weighted by Crippen LogP contribution is 2.18. The molecule has 1 aromatic carbocycles. The summed E-state index contributed by atoms with van der Waals surface area (Å²) >= 11 is 8.46. The van der Waals surface area contributed by atoms with Crippen molar-refractivity contribution in [3.05, 3.63) is 63.0 Å². The molecule has 2 heterocycles. The molecule has 0 bridgehead atoms. The zero-order chi connectivity index (χ0) is 16.2. The van der Waals surface area contributed by atoms with Crippen molar-refractivity contribution >= 4 is 34.4 Å². The molecule has 0 radical (unpaired) electrons. The first-order valence-electron chi connectivity index (χ1n) is 6.77. The quantitative estimate of drug-likeness (QED) is 0.524. The first-order chi connectivity index (χ1) is 11.1. The van der Waals surface area contributed by atoms with E-state index in [1.54, 1.807) is 6.21 Å². The number of ether oxygens (including phenoxy) is 1. The second kappa shape index (κ2) is 6.93. The van der Waals surface area contributed by atoms with Crippen molar-refractivity contribution in [2.75, 3.05) is 0 Å². The van der Waals surface area contributed by atoms with E-state index in [2.05, 4.69) is 31.2 Å². The van der Waals surface area contributed by atoms with E-state index in [0.717, 1.165) is 10.2 Å². The van der Waals surface area contributed by atoms with Gasteiger partial charge in [-0.1, -0.05) is 15.9 Å². The Balaban J connectivity index is 1.64. The molecule has 2 aromatic heterocycles. The van der Waals surface area contributed by atoms with Crippen LogP contribution in [0.2, 0.25) is 0 Å². The number of hydrogen-bond donors (Lipinski definition) is 1. The summed E-state index contributed by atoms with van der Waals surface area (Å²) in [5, 5.41) is 10.9. The minimum absolute atomic E-state index is 0.347. The average Bonchev–Trinajstić information content (AvgIpc) is 3.12. The maximum atomic E-state index is 5.65. The van der Waals surface area contributed by atoms with Crippen molar-refractivity contribution in [3.63, 3.8) is 0 Å². The van der Waals surface area contributed by atoms with Gasteiger partial charge in [0.2, 0.25) is 4.77 Å². The minimum Gasteiger partial charge on any atom is -0.486 e. The van der Waals surface area contributed by atoms with E-state index < -0.39 is 0 Å². The van der Waals surface area contributed by atoms with Crippen LogP contribution < -0.4 is 4.74 Å². The van der Waals surface area contributed by atoms with Crippen molar-refractivity contribution in [2.24, 2.45) is 5.10 Å². The van der Waals surface area contributed by atoms with Gasteiger partial charge in [0.05, 0.1) is 6.21 Å². The molecule has 0 saturated heterocycles. The van der Waals surface area contributed by atoms with Crippen LogP contribution in [0, 0.1) is 11.7 Å². The molecule has 3 rings (SSSR count). The number of hydrogen-bond acceptors (Lipinski definition) is 5. The van der Waals surface area contributed by atoms with Gasteiger partial charge in [0.15, 0.2) is 0 Å². The highest BCUT2D eigenvalue weighted by atomic mass is 79.9. The molecule has 6 nitrogen and oxygen atoms in total. The lowest BCUT2D eigenvalue weighted by Gasteiger charge is -2.03. The molecule has 0 aliphatic carbocycles. The third kappa shape index (κ3) is 3.96. The summed E-state index contributed by atoms with van der Waals surface area (Å²) in [7, 11) is 0. The number of rotatable bonds is 5. The van der Waals surface area contributed by atoms with Crippen LogP contribution in [-0.2, 0) is 6.61 Å². The molecular formula is C15H13BrN4O2S. The van der Waals surface area contributed by atoms with E-state index in [-0.39, 0.29) is 0 Å². The zero-order valence-electron chi connectivity index (χ0n) is 12.2. The first kappa shape index (κ1) is 15.7. The Morgan fingerprint density at radius 3 is 2.83 bits per heavy atom. The van der Waals surface area contributed by atoms with Crippen molar-refractivity contribution in [2.45, 2.75) is 13.5 Å². The van der Waals surface area contributed by atoms with Gasteiger partial charge in [-0.05, 0) is 55.5 Å². The third-order valence-corrected chi connectivity index (χ3v) is 3.78. The lowest BCUT2D eigenvalue weighted by molar-refractivity contribution is 0.270. The highest BCUT2D eigenvalue weighted by molar-refractivity contribution is 9.10. The van der Waals surface area contributed by atoms with Crippen molar-refractivity contribution < 1.29 is 9.15 Å². The third-order valence-electron chi connectivity index (χ3n) is 2.99. The SMILES string of the molecule is Cc1n[nH]c(=S)n1/N=C/c1ccc(COc2ccc(Br)cc2)o1. The summed E-state index contributed by atoms with van der Waals surface area (Å²) in [5.41, 5.74) is 0. The van der Waals surface area contributed by atoms with Gasteiger partial charge in [-0.3, -0.25) is 5.10 Å². The summed E-state index contributed by atoms with van der Waals surface area (Å²) in [6, 6.07) is 11.3. The number of halogens is 1. The fourth-order valence-electron chi connectivity index (χ4n) is 1.85. The molecule has 118 valence electrons. The van der Waals surface area contributed by atoms with Gasteiger partial charge >= 0.3 is 0 Å². The van der Waals surface area contributed by atoms with E-state index in [9.17, 15) is 0 Å². The minimum atomic E-state index is 0.347. The fourth-order valence-corrected chi connectivity index (χ4v) is 2.34. The molecule has 0 saturated carbocycles. The largest absolute Gasteiger partial charge is 0.486 e. The van der Waals surface area contributed by atoms with Crippen molar-refractivity contribution in [1.29, 1.82) is 0 Å². The van der Waals surface area contributed by atoms with Crippen LogP contribution in [0.4, 0.5) is 0 Å². The van der Waals surface area contributed by atoms with Gasteiger partial charge in [0, 0.05) is 4.47 Å². The van der Waals surface area contributed by atoms with E-state index in [0.29, 0.717) is 28.7 Å². The molecule has 0 aliphatic heterocycles. The maximum Gasteiger partial charge on any atom is 0.216 e. The topological polar surface area (TPSA) is 68.3 Å². The van der Waals surface area contributed by atoms with Gasteiger partial charge < -0.3 is 9.15 Å². The lowest BCUT2D eigenvalue weighted by atomic mass is 10.3. The number of nitrogens with zero attached hydrogens (tertiary/aromatic N) is 3. The molecule has 8 heteroatoms. The number of aryl methyl sites for hydroxylation is 1. The van der Waals surface area contributed by atoms with Crippen LogP contribution in [0.25, 0.3) is 0 Å². The first-order valence-corrected chi connectivity index (χ1v) is 7.97. The molecule has 0 aliphatic rings. The molecule has 0 spiro atoms. The average molecular weight is 393 g/mol. The molecule has 0 atom stereocenters. The normalized spacial score (nSPS) is 11.2. The Morgan fingerprint density at radius 2 is 2.13 bits per heavy atom. The van der Waals surface area contributed by atoms with Gasteiger partial charge in [0.1, 0.15) is 29.7 Å². The van der Waals surface area contributed by atoms with Gasteiger partial charge in [-0.2, -0.15) is 14.9 Å². The maximum absolute atomic E-state index is 5.65. The lowest BCUT2D eigenvalue weighted by Crippen LogP contribution is -1.94. The molecule has 0 unspecified atom stereocenters. The predicted octanol–water partition coefficient (Wildman–Crippen LogP) is 4.07. The van der Waals surface area contributed by atoms with Crippen LogP contribution in [0.15, 0.2) is 50.4 Å². The second-order valence-corrected chi connectivity index (χ2v) is 5.98. The van der Waals surface area contributed by atoms with E-state index in [1.807, 2.05) is 43.3 Å². The smallest absolute Gasteiger partial charge is 0.216 e. The summed E-state index contributed by atoms with van der Waals surface area (Å²) in [5.74, 6) is 2.78. The van der Waals surface area contributed by atoms with Crippen LogP contribution in [0.1, 0.15) is 17.3 Å². The highest BCUT2D eigenvalue weighted by Gasteiger charge is 2.03. The number of benzene rings is 1. The van der Waals surface area contributed by atoms with Crippen LogP contribution in [-0.4, -0.2) is 21.1 Å². The fraction of sp³-hybridized carbons (Fsp3) is 0.133. The summed E-state index contributed by atoms with van der Waals surface area (Å²) in [4.78, 5) is 0. The molecule has 1 N–H and O–H groups in total. The molecule has 3 aromatic rings. The van der Waals surface area contributed by atoms with Crippen molar-refractivity contribution in [1.82, 2.24) is 14.9 Å². The summed E-state index contributed by atoms with van der Waals surface area (Å²) in [6.07, 6.45) is 1.58. The van der Waals surface area contributed by atoms with Gasteiger partial charge in [-0.15, -0.1) is 0 Å². The predicted molar refractivity (Wildman–Crippen MR) is 92.3 cm³/mol. The van der Waals surface area contributed by atoms with Gasteiger partial charge in [-0.25, -0.2) is 0 Å². The zero-order valence-corrected chi connectivity index (χ0v) is 14.6. The Bertz CT molecular complexity index is 880. The van der Waals surface area contributed by atoms with Crippen LogP contribution in [0.5, 0.6) is 5.75 Å². The summed E-state index contributed by atoms with van der Waals surface area (Å²) < 4.78 is 14.3. The standard InChI is InChI=1S/C15H13BrN4O2S/c1-10-18-19-15(23)20(10)17-8-13-6-7-14(22-13)9-21-12-4-2-11(16)3-5-12/h2-8H,9H2,1H3,(H,19,23)/b17-8+. The number of H-pyrrole nitrogens is 1. The monoisotopic (exact) mass is 392 g/mol. The number of nitrogens with one attached hydrogen (secondary N) is 1.